The van der Waals surface area contributed by atoms with Crippen molar-refractivity contribution in [2.75, 3.05) is 12.4 Å². The minimum Gasteiger partial charge on any atom is -0.351 e. The third-order valence-corrected chi connectivity index (χ3v) is 2.94. The Balaban J connectivity index is 2.37. The Morgan fingerprint density at radius 3 is 2.45 bits per heavy atom. The fourth-order valence-corrected chi connectivity index (χ4v) is 1.75. The quantitative estimate of drug-likeness (QED) is 0.617. The van der Waals surface area contributed by atoms with Crippen LogP contribution >= 0.6 is 11.6 Å². The van der Waals surface area contributed by atoms with E-state index in [4.69, 9.17) is 11.6 Å². The van der Waals surface area contributed by atoms with Crippen molar-refractivity contribution in [1.29, 1.82) is 0 Å². The van der Waals surface area contributed by atoms with Gasteiger partial charge in [0.2, 0.25) is 0 Å². The van der Waals surface area contributed by atoms with E-state index in [-0.39, 0.29) is 5.69 Å². The largest absolute Gasteiger partial charge is 0.417 e. The lowest BCUT2D eigenvalue weighted by atomic mass is 10.2. The van der Waals surface area contributed by atoms with Gasteiger partial charge in [-0.25, -0.2) is 0 Å². The van der Waals surface area contributed by atoms with Gasteiger partial charge >= 0.3 is 6.18 Å². The van der Waals surface area contributed by atoms with Crippen LogP contribution in [0.15, 0.2) is 18.3 Å². The van der Waals surface area contributed by atoms with Crippen molar-refractivity contribution in [1.82, 2.24) is 10.3 Å². The molecule has 0 fully saturated rings. The Morgan fingerprint density at radius 2 is 1.90 bits per heavy atom. The summed E-state index contributed by atoms with van der Waals surface area (Å²) in [5.41, 5.74) is -0.881. The second-order valence-electron chi connectivity index (χ2n) is 4.29. The SMILES string of the molecule is O=C(NCCCCCCCl)c1ccc(C(F)(F)F)cn1. The van der Waals surface area contributed by atoms with Gasteiger partial charge in [-0.1, -0.05) is 12.8 Å². The van der Waals surface area contributed by atoms with Crippen LogP contribution in [0.5, 0.6) is 0 Å². The Morgan fingerprint density at radius 1 is 1.20 bits per heavy atom. The van der Waals surface area contributed by atoms with Gasteiger partial charge in [-0.05, 0) is 25.0 Å². The highest BCUT2D eigenvalue weighted by Crippen LogP contribution is 2.28. The van der Waals surface area contributed by atoms with Gasteiger partial charge in [0.25, 0.3) is 5.91 Å². The van der Waals surface area contributed by atoms with Gasteiger partial charge < -0.3 is 5.32 Å². The fourth-order valence-electron chi connectivity index (χ4n) is 1.56. The van der Waals surface area contributed by atoms with Crippen LogP contribution in [0, 0.1) is 0 Å². The van der Waals surface area contributed by atoms with Crippen LogP contribution in [0.1, 0.15) is 41.7 Å². The normalized spacial score (nSPS) is 11.4. The molecule has 1 aromatic heterocycles. The average molecular weight is 309 g/mol. The second-order valence-corrected chi connectivity index (χ2v) is 4.67. The van der Waals surface area contributed by atoms with E-state index in [9.17, 15) is 18.0 Å². The van der Waals surface area contributed by atoms with Crippen LogP contribution in [0.4, 0.5) is 13.2 Å². The Kier molecular flexibility index (Phi) is 6.78. The molecule has 1 heterocycles. The van der Waals surface area contributed by atoms with E-state index in [0.29, 0.717) is 18.6 Å². The number of hydrogen-bond acceptors (Lipinski definition) is 2. The van der Waals surface area contributed by atoms with E-state index in [2.05, 4.69) is 10.3 Å². The summed E-state index contributed by atoms with van der Waals surface area (Å²) in [7, 11) is 0. The van der Waals surface area contributed by atoms with Gasteiger partial charge in [-0.3, -0.25) is 9.78 Å². The lowest BCUT2D eigenvalue weighted by molar-refractivity contribution is -0.137. The van der Waals surface area contributed by atoms with E-state index in [1.165, 1.54) is 0 Å². The van der Waals surface area contributed by atoms with Crippen LogP contribution in [-0.4, -0.2) is 23.3 Å². The summed E-state index contributed by atoms with van der Waals surface area (Å²) in [5.74, 6) is 0.165. The number of pyridine rings is 1. The fraction of sp³-hybridized carbons (Fsp3) is 0.538. The molecular weight excluding hydrogens is 293 g/mol. The predicted molar refractivity (Wildman–Crippen MR) is 70.8 cm³/mol. The average Bonchev–Trinajstić information content (AvgIpc) is 2.41. The molecule has 0 saturated heterocycles. The number of amides is 1. The third kappa shape index (κ3) is 5.77. The first-order valence-electron chi connectivity index (χ1n) is 6.32. The minimum atomic E-state index is -4.44. The molecule has 0 saturated carbocycles. The Bertz CT molecular complexity index is 421. The molecule has 20 heavy (non-hydrogen) atoms. The molecule has 7 heteroatoms. The van der Waals surface area contributed by atoms with Gasteiger partial charge in [0, 0.05) is 18.6 Å². The number of aromatic nitrogens is 1. The molecule has 3 nitrogen and oxygen atoms in total. The van der Waals surface area contributed by atoms with Crippen LogP contribution in [0.2, 0.25) is 0 Å². The smallest absolute Gasteiger partial charge is 0.351 e. The molecule has 0 spiro atoms. The molecule has 0 radical (unpaired) electrons. The summed E-state index contributed by atoms with van der Waals surface area (Å²) in [5, 5.41) is 2.62. The van der Waals surface area contributed by atoms with Gasteiger partial charge in [0.15, 0.2) is 0 Å². The number of rotatable bonds is 7. The Labute approximate surface area is 120 Å². The summed E-state index contributed by atoms with van der Waals surface area (Å²) < 4.78 is 37.0. The minimum absolute atomic E-state index is 0.0150. The first-order valence-corrected chi connectivity index (χ1v) is 6.86. The number of halogens is 4. The van der Waals surface area contributed by atoms with Crippen molar-refractivity contribution in [3.63, 3.8) is 0 Å². The van der Waals surface area contributed by atoms with E-state index in [1.54, 1.807) is 0 Å². The van der Waals surface area contributed by atoms with Crippen molar-refractivity contribution in [3.8, 4) is 0 Å². The van der Waals surface area contributed by atoms with Crippen LogP contribution < -0.4 is 5.32 Å². The number of carbonyl (C=O) groups is 1. The number of unbranched alkanes of at least 4 members (excludes halogenated alkanes) is 3. The summed E-state index contributed by atoms with van der Waals surface area (Å²) >= 11 is 5.53. The molecule has 0 atom stereocenters. The lowest BCUT2D eigenvalue weighted by Gasteiger charge is -2.07. The van der Waals surface area contributed by atoms with Crippen LogP contribution in [-0.2, 0) is 6.18 Å². The zero-order valence-electron chi connectivity index (χ0n) is 10.8. The predicted octanol–water partition coefficient (Wildman–Crippen LogP) is 3.63. The van der Waals surface area contributed by atoms with Gasteiger partial charge in [-0.15, -0.1) is 11.6 Å². The summed E-state index contributed by atoms with van der Waals surface area (Å²) in [6, 6.07) is 1.92. The third-order valence-electron chi connectivity index (χ3n) is 2.67. The first-order chi connectivity index (χ1) is 9.45. The van der Waals surface area contributed by atoms with Gasteiger partial charge in [0.1, 0.15) is 5.69 Å². The van der Waals surface area contributed by atoms with Gasteiger partial charge in [-0.2, -0.15) is 13.2 Å². The number of alkyl halides is 4. The lowest BCUT2D eigenvalue weighted by Crippen LogP contribution is -2.25. The van der Waals surface area contributed by atoms with Crippen molar-refractivity contribution in [2.24, 2.45) is 0 Å². The van der Waals surface area contributed by atoms with E-state index in [0.717, 1.165) is 37.8 Å². The molecule has 0 aromatic carbocycles. The van der Waals surface area contributed by atoms with Crippen LogP contribution in [0.3, 0.4) is 0 Å². The monoisotopic (exact) mass is 308 g/mol. The number of hydrogen-bond donors (Lipinski definition) is 1. The molecule has 1 N–H and O–H groups in total. The maximum atomic E-state index is 12.3. The molecule has 0 aliphatic rings. The molecule has 0 unspecified atom stereocenters. The highest BCUT2D eigenvalue weighted by atomic mass is 35.5. The van der Waals surface area contributed by atoms with E-state index in [1.807, 2.05) is 0 Å². The second kappa shape index (κ2) is 8.09. The molecule has 1 rings (SSSR count). The number of nitrogens with one attached hydrogen (secondary N) is 1. The van der Waals surface area contributed by atoms with Crippen LogP contribution in [0.25, 0.3) is 0 Å². The highest BCUT2D eigenvalue weighted by Gasteiger charge is 2.30. The molecule has 1 amide bonds. The Hall–Kier alpha value is -1.30. The molecule has 0 aliphatic heterocycles. The van der Waals surface area contributed by atoms with Crippen molar-refractivity contribution < 1.29 is 18.0 Å². The number of nitrogens with zero attached hydrogens (tertiary/aromatic N) is 1. The summed E-state index contributed by atoms with van der Waals surface area (Å²) in [4.78, 5) is 15.1. The highest BCUT2D eigenvalue weighted by molar-refractivity contribution is 6.17. The van der Waals surface area contributed by atoms with E-state index < -0.39 is 17.6 Å². The zero-order valence-corrected chi connectivity index (χ0v) is 11.6. The van der Waals surface area contributed by atoms with Crippen molar-refractivity contribution in [2.45, 2.75) is 31.9 Å². The topological polar surface area (TPSA) is 42.0 Å². The zero-order chi connectivity index (χ0) is 15.0. The number of carbonyl (C=O) groups excluding carboxylic acids is 1. The first kappa shape index (κ1) is 16.8. The molecule has 0 aliphatic carbocycles. The van der Waals surface area contributed by atoms with Gasteiger partial charge in [0.05, 0.1) is 5.56 Å². The molecule has 112 valence electrons. The summed E-state index contributed by atoms with van der Waals surface area (Å²) in [6.45, 7) is 0.476. The molecule has 0 bridgehead atoms. The summed E-state index contributed by atoms with van der Waals surface area (Å²) in [6.07, 6.45) is -0.0790. The molecule has 1 aromatic rings. The molecular formula is C13H16ClF3N2O. The van der Waals surface area contributed by atoms with E-state index >= 15 is 0 Å². The standard InChI is InChI=1S/C13H16ClF3N2O/c14-7-3-1-2-4-8-18-12(20)11-6-5-10(9-19-11)13(15,16)17/h5-6,9H,1-4,7-8H2,(H,18,20). The maximum absolute atomic E-state index is 12.3. The van der Waals surface area contributed by atoms with Crippen molar-refractivity contribution >= 4 is 17.5 Å². The maximum Gasteiger partial charge on any atom is 0.417 e. The van der Waals surface area contributed by atoms with Crippen molar-refractivity contribution in [3.05, 3.63) is 29.6 Å².